The summed E-state index contributed by atoms with van der Waals surface area (Å²) >= 11 is 6.31. The fraction of sp³-hybridized carbons (Fsp3) is 0.171. The predicted molar refractivity (Wildman–Crippen MR) is 182 cm³/mol. The van der Waals surface area contributed by atoms with Gasteiger partial charge in [0.2, 0.25) is 0 Å². The number of anilines is 2. The lowest BCUT2D eigenvalue weighted by molar-refractivity contribution is -0.384. The molecule has 10 nitrogen and oxygen atoms in total. The van der Waals surface area contributed by atoms with E-state index in [2.05, 4.69) is 14.7 Å². The van der Waals surface area contributed by atoms with Crippen LogP contribution >= 0.6 is 11.6 Å². The van der Waals surface area contributed by atoms with Crippen LogP contribution in [0.15, 0.2) is 107 Å². The van der Waals surface area contributed by atoms with Crippen molar-refractivity contribution in [1.29, 1.82) is 0 Å². The Morgan fingerprint density at radius 3 is 2.28 bits per heavy atom. The van der Waals surface area contributed by atoms with Crippen LogP contribution in [0.3, 0.4) is 0 Å². The normalized spacial score (nSPS) is 17.0. The van der Waals surface area contributed by atoms with E-state index in [0.717, 1.165) is 34.0 Å². The fourth-order valence-electron chi connectivity index (χ4n) is 6.64. The van der Waals surface area contributed by atoms with Crippen molar-refractivity contribution in [2.24, 2.45) is 9.98 Å². The number of aromatic nitrogens is 2. The zero-order valence-corrected chi connectivity index (χ0v) is 26.0. The first-order chi connectivity index (χ1) is 22.9. The zero-order chi connectivity index (χ0) is 32.2. The summed E-state index contributed by atoms with van der Waals surface area (Å²) in [6, 6.07) is 28.7. The van der Waals surface area contributed by atoms with E-state index in [1.165, 1.54) is 12.1 Å². The first-order valence-corrected chi connectivity index (χ1v) is 15.7. The van der Waals surface area contributed by atoms with E-state index in [9.17, 15) is 14.5 Å². The van der Waals surface area contributed by atoms with Crippen LogP contribution in [0.5, 0.6) is 0 Å². The van der Waals surface area contributed by atoms with Crippen LogP contribution in [0, 0.1) is 22.9 Å². The molecule has 0 amide bonds. The second-order valence-corrected chi connectivity index (χ2v) is 12.0. The number of aliphatic imine (C=N–C) groups is 2. The molecule has 0 saturated carbocycles. The van der Waals surface area contributed by atoms with E-state index in [4.69, 9.17) is 26.7 Å². The van der Waals surface area contributed by atoms with Gasteiger partial charge >= 0.3 is 0 Å². The minimum atomic E-state index is -0.516. The van der Waals surface area contributed by atoms with Crippen LogP contribution in [0.25, 0.3) is 5.69 Å². The first kappa shape index (κ1) is 28.9. The lowest BCUT2D eigenvalue weighted by Gasteiger charge is -2.44. The molecule has 4 heterocycles. The third-order valence-electron chi connectivity index (χ3n) is 8.87. The highest BCUT2D eigenvalue weighted by Gasteiger charge is 2.43. The van der Waals surface area contributed by atoms with Crippen LogP contribution in [0.1, 0.15) is 22.9 Å². The number of hydrogen-bond acceptors (Lipinski definition) is 8. The van der Waals surface area contributed by atoms with Gasteiger partial charge in [-0.2, -0.15) is 5.10 Å². The lowest BCUT2D eigenvalue weighted by atomic mass is 9.93. The maximum Gasteiger partial charge on any atom is 0.288 e. The summed E-state index contributed by atoms with van der Waals surface area (Å²) in [5.74, 6) is 1.72. The number of aryl methyl sites for hydroxylation is 1. The predicted octanol–water partition coefficient (Wildman–Crippen LogP) is 7.39. The molecule has 3 aliphatic heterocycles. The second-order valence-electron chi connectivity index (χ2n) is 11.6. The molecule has 1 saturated heterocycles. The Kier molecular flexibility index (Phi) is 6.98. The molecule has 47 heavy (non-hydrogen) atoms. The highest BCUT2D eigenvalue weighted by atomic mass is 35.5. The van der Waals surface area contributed by atoms with E-state index >= 15 is 0 Å². The molecule has 5 aromatic rings. The van der Waals surface area contributed by atoms with Crippen LogP contribution in [-0.2, 0) is 0 Å². The van der Waals surface area contributed by atoms with Crippen molar-refractivity contribution in [1.82, 2.24) is 14.7 Å². The Labute approximate surface area is 274 Å². The Morgan fingerprint density at radius 1 is 0.830 bits per heavy atom. The number of piperazine rings is 1. The summed E-state index contributed by atoms with van der Waals surface area (Å²) in [7, 11) is 0. The molecule has 4 aromatic carbocycles. The van der Waals surface area contributed by atoms with Gasteiger partial charge in [-0.1, -0.05) is 48.0 Å². The molecule has 234 valence electrons. The molecule has 0 radical (unpaired) electrons. The largest absolute Gasteiger partial charge is 0.368 e. The van der Waals surface area contributed by atoms with Crippen LogP contribution < -0.4 is 9.80 Å². The summed E-state index contributed by atoms with van der Waals surface area (Å²) in [6.45, 7) is 4.67. The van der Waals surface area contributed by atoms with Gasteiger partial charge in [0.15, 0.2) is 17.5 Å². The maximum absolute atomic E-state index is 13.6. The van der Waals surface area contributed by atoms with E-state index in [-0.39, 0.29) is 16.5 Å². The smallest absolute Gasteiger partial charge is 0.288 e. The standard InChI is InChI=1S/C35H28ClFN8O2/c1-22-31-32(23-11-16-27(36)30(21-23)45(46)47)43-29-10-6-5-9-28(29)38-34(35(43)39-33(31)44(40-22)26-7-3-2-4-8-26)42-19-17-41(18-20-42)25-14-12-24(37)13-15-25/h2-16,21,32H,17-20H2,1H3/t32-/m0/s1. The van der Waals surface area contributed by atoms with E-state index in [0.29, 0.717) is 49.2 Å². The number of rotatable bonds is 4. The van der Waals surface area contributed by atoms with Gasteiger partial charge in [0.25, 0.3) is 5.69 Å². The minimum Gasteiger partial charge on any atom is -0.368 e. The number of para-hydroxylation sites is 3. The van der Waals surface area contributed by atoms with Crippen molar-refractivity contribution in [3.05, 3.63) is 135 Å². The first-order valence-electron chi connectivity index (χ1n) is 15.3. The number of halogens is 2. The van der Waals surface area contributed by atoms with Crippen molar-refractivity contribution in [2.45, 2.75) is 13.0 Å². The summed E-state index contributed by atoms with van der Waals surface area (Å²) in [6.07, 6.45) is 0. The number of nitrogens with zero attached hydrogens (tertiary/aromatic N) is 8. The number of fused-ring (bicyclic) bond motifs is 4. The maximum atomic E-state index is 13.6. The third kappa shape index (κ3) is 4.90. The molecule has 0 N–H and O–H groups in total. The van der Waals surface area contributed by atoms with Gasteiger partial charge in [0.05, 0.1) is 33.7 Å². The Balaban J connectivity index is 1.30. The summed E-state index contributed by atoms with van der Waals surface area (Å²) in [4.78, 5) is 28.7. The van der Waals surface area contributed by atoms with Crippen molar-refractivity contribution in [3.8, 4) is 5.69 Å². The summed E-state index contributed by atoms with van der Waals surface area (Å²) < 4.78 is 15.4. The molecule has 12 heteroatoms. The summed E-state index contributed by atoms with van der Waals surface area (Å²) in [5.41, 5.74) is 5.53. The summed E-state index contributed by atoms with van der Waals surface area (Å²) in [5, 5.41) is 17.1. The van der Waals surface area contributed by atoms with Crippen LogP contribution in [0.2, 0.25) is 5.02 Å². The average molecular weight is 647 g/mol. The molecule has 1 atom stereocenters. The van der Waals surface area contributed by atoms with Gasteiger partial charge in [0.1, 0.15) is 10.8 Å². The Morgan fingerprint density at radius 2 is 1.53 bits per heavy atom. The SMILES string of the molecule is Cc1nn(-c2ccccc2)c2c1[C@H](c1ccc(Cl)c([N+](=O)[O-])c1)N1C(=N2)C(N2CCN(c3ccc(F)cc3)CC2)=Nc2ccccc21. The van der Waals surface area contributed by atoms with Gasteiger partial charge in [-0.15, -0.1) is 0 Å². The fourth-order valence-corrected chi connectivity index (χ4v) is 6.83. The Hall–Kier alpha value is -5.55. The number of benzene rings is 4. The molecular weight excluding hydrogens is 619 g/mol. The molecule has 0 aliphatic carbocycles. The number of hydrogen-bond donors (Lipinski definition) is 0. The molecule has 1 fully saturated rings. The number of amidine groups is 2. The highest BCUT2D eigenvalue weighted by molar-refractivity contribution is 6.48. The quantitative estimate of drug-likeness (QED) is 0.149. The van der Waals surface area contributed by atoms with E-state index in [1.807, 2.05) is 72.3 Å². The van der Waals surface area contributed by atoms with Gasteiger partial charge in [0, 0.05) is 43.5 Å². The average Bonchev–Trinajstić information content (AvgIpc) is 3.43. The third-order valence-corrected chi connectivity index (χ3v) is 9.19. The van der Waals surface area contributed by atoms with Gasteiger partial charge in [-0.25, -0.2) is 19.1 Å². The molecule has 8 rings (SSSR count). The van der Waals surface area contributed by atoms with Gasteiger partial charge in [-0.05, 0) is 67.1 Å². The lowest BCUT2D eigenvalue weighted by Crippen LogP contribution is -2.55. The van der Waals surface area contributed by atoms with E-state index in [1.54, 1.807) is 24.3 Å². The van der Waals surface area contributed by atoms with Gasteiger partial charge < -0.3 is 14.7 Å². The monoisotopic (exact) mass is 646 g/mol. The molecule has 0 bridgehead atoms. The molecule has 0 spiro atoms. The number of nitro groups is 1. The van der Waals surface area contributed by atoms with Crippen molar-refractivity contribution in [3.63, 3.8) is 0 Å². The Bertz CT molecular complexity index is 2090. The molecule has 1 aromatic heterocycles. The van der Waals surface area contributed by atoms with Gasteiger partial charge in [-0.3, -0.25) is 10.1 Å². The van der Waals surface area contributed by atoms with Crippen molar-refractivity contribution in [2.75, 3.05) is 36.0 Å². The number of nitro benzene ring substituents is 1. The zero-order valence-electron chi connectivity index (χ0n) is 25.3. The van der Waals surface area contributed by atoms with Crippen molar-refractivity contribution >= 4 is 51.8 Å². The van der Waals surface area contributed by atoms with Crippen molar-refractivity contribution < 1.29 is 9.31 Å². The van der Waals surface area contributed by atoms with E-state index < -0.39 is 11.0 Å². The second kappa shape index (κ2) is 11.4. The minimum absolute atomic E-state index is 0.0701. The van der Waals surface area contributed by atoms with Crippen LogP contribution in [0.4, 0.5) is 33.0 Å². The molecule has 0 unspecified atom stereocenters. The molecular formula is C35H28ClFN8O2. The topological polar surface area (TPSA) is 95.4 Å². The van der Waals surface area contributed by atoms with Crippen LogP contribution in [-0.4, -0.2) is 57.5 Å². The highest BCUT2D eigenvalue weighted by Crippen LogP contribution is 2.49. The molecule has 3 aliphatic rings.